The molecule has 0 fully saturated rings. The molecule has 1 N–H and O–H groups in total. The summed E-state index contributed by atoms with van der Waals surface area (Å²) < 4.78 is 0. The highest BCUT2D eigenvalue weighted by molar-refractivity contribution is 6.30. The van der Waals surface area contributed by atoms with Crippen LogP contribution in [0.3, 0.4) is 0 Å². The molecule has 0 bridgehead atoms. The fraction of sp³-hybridized carbons (Fsp3) is 0.190. The van der Waals surface area contributed by atoms with Crippen LogP contribution in [0.1, 0.15) is 39.5 Å². The Balaban J connectivity index is 1.61. The van der Waals surface area contributed by atoms with Crippen LogP contribution in [0.25, 0.3) is 0 Å². The second-order valence-corrected chi connectivity index (χ2v) is 7.06. The van der Waals surface area contributed by atoms with E-state index in [1.807, 2.05) is 55.5 Å². The third kappa shape index (κ3) is 3.46. The van der Waals surface area contributed by atoms with Crippen molar-refractivity contribution in [2.45, 2.75) is 25.7 Å². The van der Waals surface area contributed by atoms with Crippen molar-refractivity contribution in [3.63, 3.8) is 0 Å². The highest BCUT2D eigenvalue weighted by Gasteiger charge is 2.28. The monoisotopic (exact) mass is 363 g/mol. The van der Waals surface area contributed by atoms with E-state index in [0.29, 0.717) is 29.4 Å². The lowest BCUT2D eigenvalue weighted by Gasteiger charge is -2.23. The van der Waals surface area contributed by atoms with Gasteiger partial charge in [-0.25, -0.2) is 9.97 Å². The summed E-state index contributed by atoms with van der Waals surface area (Å²) in [7, 11) is 0. The molecule has 0 amide bonds. The molecule has 0 aliphatic heterocycles. The number of fused-ring (bicyclic) bond motifs is 1. The predicted octanol–water partition coefficient (Wildman–Crippen LogP) is 5.09. The zero-order valence-electron chi connectivity index (χ0n) is 14.4. The van der Waals surface area contributed by atoms with Crippen molar-refractivity contribution in [2.24, 2.45) is 0 Å². The predicted molar refractivity (Wildman–Crippen MR) is 103 cm³/mol. The van der Waals surface area contributed by atoms with Crippen LogP contribution < -0.4 is 5.32 Å². The summed E-state index contributed by atoms with van der Waals surface area (Å²) in [5.41, 5.74) is 4.60. The molecule has 1 aliphatic carbocycles. The van der Waals surface area contributed by atoms with Crippen LogP contribution in [0.5, 0.6) is 0 Å². The number of hydrogen-bond donors (Lipinski definition) is 1. The maximum absolute atomic E-state index is 12.5. The number of anilines is 2. The van der Waals surface area contributed by atoms with Gasteiger partial charge < -0.3 is 5.32 Å². The fourth-order valence-corrected chi connectivity index (χ4v) is 3.47. The van der Waals surface area contributed by atoms with Crippen LogP contribution >= 0.6 is 11.6 Å². The molecule has 5 heteroatoms. The maximum atomic E-state index is 12.5. The van der Waals surface area contributed by atoms with Crippen molar-refractivity contribution in [3.8, 4) is 0 Å². The molecule has 2 aromatic carbocycles. The van der Waals surface area contributed by atoms with Gasteiger partial charge in [0.1, 0.15) is 0 Å². The van der Waals surface area contributed by atoms with E-state index in [0.717, 1.165) is 16.9 Å². The average Bonchev–Trinajstić information content (AvgIpc) is 2.63. The molecule has 0 saturated carbocycles. The molecule has 4 rings (SSSR count). The lowest BCUT2D eigenvalue weighted by molar-refractivity contribution is 0.0962. The Labute approximate surface area is 157 Å². The number of rotatable bonds is 3. The molecular weight excluding hydrogens is 346 g/mol. The molecule has 0 radical (unpaired) electrons. The van der Waals surface area contributed by atoms with Crippen molar-refractivity contribution in [1.29, 1.82) is 0 Å². The first-order chi connectivity index (χ1) is 12.6. The summed E-state index contributed by atoms with van der Waals surface area (Å²) in [5.74, 6) is 0.682. The van der Waals surface area contributed by atoms with E-state index in [2.05, 4.69) is 15.3 Å². The second-order valence-electron chi connectivity index (χ2n) is 6.63. The number of carbonyl (C=O) groups is 1. The first-order valence-electron chi connectivity index (χ1n) is 8.57. The van der Waals surface area contributed by atoms with Gasteiger partial charge in [0, 0.05) is 23.3 Å². The summed E-state index contributed by atoms with van der Waals surface area (Å²) in [6.45, 7) is 2.04. The number of Topliss-reactive ketones (excluding diaryl/α,β-unsaturated/α-hetero) is 1. The number of ketones is 1. The van der Waals surface area contributed by atoms with Gasteiger partial charge in [0.05, 0.1) is 11.3 Å². The minimum Gasteiger partial charge on any atom is -0.324 e. The molecule has 1 aliphatic rings. The third-order valence-electron chi connectivity index (χ3n) is 4.67. The Morgan fingerprint density at radius 3 is 2.69 bits per heavy atom. The van der Waals surface area contributed by atoms with Gasteiger partial charge in [0.2, 0.25) is 5.95 Å². The summed E-state index contributed by atoms with van der Waals surface area (Å²) in [4.78, 5) is 21.4. The SMILES string of the molecule is Cc1ccc(Nc2ncc3c(n2)C[C@H](c2cccc(Cl)c2)CC3=O)cc1. The fourth-order valence-electron chi connectivity index (χ4n) is 3.27. The van der Waals surface area contributed by atoms with E-state index in [4.69, 9.17) is 11.6 Å². The Bertz CT molecular complexity index is 969. The lowest BCUT2D eigenvalue weighted by Crippen LogP contribution is -2.21. The Morgan fingerprint density at radius 2 is 1.92 bits per heavy atom. The Hall–Kier alpha value is -2.72. The normalized spacial score (nSPS) is 16.2. The van der Waals surface area contributed by atoms with Crippen LogP contribution in [0, 0.1) is 6.92 Å². The molecule has 0 saturated heterocycles. The largest absolute Gasteiger partial charge is 0.324 e. The number of nitrogens with one attached hydrogen (secondary N) is 1. The molecule has 3 aromatic rings. The number of halogens is 1. The number of carbonyl (C=O) groups excluding carboxylic acids is 1. The molecule has 1 heterocycles. The van der Waals surface area contributed by atoms with E-state index in [1.165, 1.54) is 5.56 Å². The summed E-state index contributed by atoms with van der Waals surface area (Å²) >= 11 is 6.11. The van der Waals surface area contributed by atoms with Crippen LogP contribution in [0.4, 0.5) is 11.6 Å². The second kappa shape index (κ2) is 6.89. The number of nitrogens with zero attached hydrogens (tertiary/aromatic N) is 2. The minimum absolute atomic E-state index is 0.0816. The minimum atomic E-state index is 0.0816. The van der Waals surface area contributed by atoms with Gasteiger partial charge in [0.15, 0.2) is 5.78 Å². The molecule has 130 valence electrons. The zero-order chi connectivity index (χ0) is 18.1. The van der Waals surface area contributed by atoms with E-state index < -0.39 is 0 Å². The van der Waals surface area contributed by atoms with Crippen molar-refractivity contribution in [3.05, 3.63) is 82.1 Å². The smallest absolute Gasteiger partial charge is 0.227 e. The van der Waals surface area contributed by atoms with Gasteiger partial charge in [-0.3, -0.25) is 4.79 Å². The number of aryl methyl sites for hydroxylation is 1. The standard InChI is InChI=1S/C21H18ClN3O/c1-13-5-7-17(8-6-13)24-21-23-12-18-19(25-21)10-15(11-20(18)26)14-3-2-4-16(22)9-14/h2-9,12,15H,10-11H2,1H3,(H,23,24,25)/t15-/m0/s1. The number of hydrogen-bond acceptors (Lipinski definition) is 4. The zero-order valence-corrected chi connectivity index (χ0v) is 15.1. The number of aromatic nitrogens is 2. The van der Waals surface area contributed by atoms with Gasteiger partial charge in [0.25, 0.3) is 0 Å². The average molecular weight is 364 g/mol. The van der Waals surface area contributed by atoms with Gasteiger partial charge in [-0.1, -0.05) is 41.4 Å². The van der Waals surface area contributed by atoms with E-state index in [-0.39, 0.29) is 11.7 Å². The molecular formula is C21H18ClN3O. The Kier molecular flexibility index (Phi) is 4.43. The van der Waals surface area contributed by atoms with Gasteiger partial charge in [-0.2, -0.15) is 0 Å². The van der Waals surface area contributed by atoms with Gasteiger partial charge >= 0.3 is 0 Å². The van der Waals surface area contributed by atoms with Crippen LogP contribution in [0.2, 0.25) is 5.02 Å². The van der Waals surface area contributed by atoms with E-state index in [1.54, 1.807) is 6.20 Å². The van der Waals surface area contributed by atoms with Gasteiger partial charge in [-0.05, 0) is 49.1 Å². The summed E-state index contributed by atoms with van der Waals surface area (Å²) in [5, 5.41) is 3.89. The number of benzene rings is 2. The lowest BCUT2D eigenvalue weighted by atomic mass is 9.82. The van der Waals surface area contributed by atoms with Crippen LogP contribution in [0.15, 0.2) is 54.7 Å². The molecule has 26 heavy (non-hydrogen) atoms. The highest BCUT2D eigenvalue weighted by Crippen LogP contribution is 2.33. The van der Waals surface area contributed by atoms with Gasteiger partial charge in [-0.15, -0.1) is 0 Å². The van der Waals surface area contributed by atoms with Crippen molar-refractivity contribution in [2.75, 3.05) is 5.32 Å². The highest BCUT2D eigenvalue weighted by atomic mass is 35.5. The van der Waals surface area contributed by atoms with E-state index >= 15 is 0 Å². The van der Waals surface area contributed by atoms with E-state index in [9.17, 15) is 4.79 Å². The van der Waals surface area contributed by atoms with Crippen molar-refractivity contribution >= 4 is 29.0 Å². The quantitative estimate of drug-likeness (QED) is 0.703. The van der Waals surface area contributed by atoms with Crippen LogP contribution in [-0.2, 0) is 6.42 Å². The topological polar surface area (TPSA) is 54.9 Å². The Morgan fingerprint density at radius 1 is 1.12 bits per heavy atom. The molecule has 1 atom stereocenters. The molecule has 0 spiro atoms. The molecule has 0 unspecified atom stereocenters. The summed E-state index contributed by atoms with van der Waals surface area (Å²) in [6, 6.07) is 15.7. The first kappa shape index (κ1) is 16.7. The van der Waals surface area contributed by atoms with Crippen molar-refractivity contribution in [1.82, 2.24) is 9.97 Å². The summed E-state index contributed by atoms with van der Waals surface area (Å²) in [6.07, 6.45) is 2.79. The third-order valence-corrected chi connectivity index (χ3v) is 4.90. The first-order valence-corrected chi connectivity index (χ1v) is 8.94. The molecule has 4 nitrogen and oxygen atoms in total. The molecule has 1 aromatic heterocycles. The van der Waals surface area contributed by atoms with Crippen molar-refractivity contribution < 1.29 is 4.79 Å². The van der Waals surface area contributed by atoms with Crippen LogP contribution in [-0.4, -0.2) is 15.8 Å². The maximum Gasteiger partial charge on any atom is 0.227 e.